The van der Waals surface area contributed by atoms with E-state index in [1.807, 2.05) is 35.9 Å². The minimum atomic E-state index is -0.0476. The van der Waals surface area contributed by atoms with Gasteiger partial charge in [0.2, 0.25) is 0 Å². The van der Waals surface area contributed by atoms with Crippen LogP contribution in [0.25, 0.3) is 10.9 Å². The van der Waals surface area contributed by atoms with Gasteiger partial charge in [-0.05, 0) is 67.3 Å². The lowest BCUT2D eigenvalue weighted by molar-refractivity contribution is 0.0906. The minimum Gasteiger partial charge on any atom is -0.494 e. The monoisotopic (exact) mass is 452 g/mol. The number of pyridine rings is 1. The van der Waals surface area contributed by atoms with E-state index in [-0.39, 0.29) is 11.7 Å². The van der Waals surface area contributed by atoms with Crippen LogP contribution in [0.3, 0.4) is 0 Å². The summed E-state index contributed by atoms with van der Waals surface area (Å²) in [6.07, 6.45) is 7.01. The standard InChI is InChI=1S/C24H32N6O3/c1-2-32-20-9-10-22-17(13-20)12-18(24(31)25-22)14-29(19-6-3-4-7-19)16-23-26-27-28-30(23)15-21-8-5-11-33-21/h9-10,12-13,19,21H,2-8,11,14-16H2,1H3,(H,25,31)/t21-/m1/s1. The lowest BCUT2D eigenvalue weighted by Crippen LogP contribution is -2.35. The molecule has 3 heterocycles. The number of rotatable bonds is 9. The Labute approximate surface area is 193 Å². The summed E-state index contributed by atoms with van der Waals surface area (Å²) in [7, 11) is 0. The molecular formula is C24H32N6O3. The average molecular weight is 453 g/mol. The number of benzene rings is 1. The number of fused-ring (bicyclic) bond motifs is 1. The number of hydrogen-bond donors (Lipinski definition) is 1. The van der Waals surface area contributed by atoms with E-state index in [0.717, 1.165) is 60.3 Å². The fourth-order valence-electron chi connectivity index (χ4n) is 5.05. The Morgan fingerprint density at radius 1 is 1.18 bits per heavy atom. The van der Waals surface area contributed by atoms with Gasteiger partial charge in [0.15, 0.2) is 5.82 Å². The van der Waals surface area contributed by atoms with Crippen LogP contribution in [0.1, 0.15) is 56.8 Å². The summed E-state index contributed by atoms with van der Waals surface area (Å²) in [6, 6.07) is 8.19. The maximum atomic E-state index is 12.9. The summed E-state index contributed by atoms with van der Waals surface area (Å²) in [5.41, 5.74) is 1.52. The summed E-state index contributed by atoms with van der Waals surface area (Å²) >= 11 is 0. The van der Waals surface area contributed by atoms with Gasteiger partial charge in [0, 0.05) is 35.7 Å². The Morgan fingerprint density at radius 2 is 2.06 bits per heavy atom. The molecule has 0 amide bonds. The topological polar surface area (TPSA) is 98.2 Å². The first-order chi connectivity index (χ1) is 16.2. The van der Waals surface area contributed by atoms with Gasteiger partial charge in [0.1, 0.15) is 5.75 Å². The van der Waals surface area contributed by atoms with E-state index < -0.39 is 0 Å². The third kappa shape index (κ3) is 5.09. The van der Waals surface area contributed by atoms with Crippen molar-refractivity contribution in [2.45, 2.75) is 77.2 Å². The van der Waals surface area contributed by atoms with Gasteiger partial charge in [-0.15, -0.1) is 5.10 Å². The molecule has 0 radical (unpaired) electrons. The van der Waals surface area contributed by atoms with Crippen LogP contribution in [-0.2, 0) is 24.4 Å². The van der Waals surface area contributed by atoms with Crippen molar-refractivity contribution in [3.05, 3.63) is 46.0 Å². The maximum absolute atomic E-state index is 12.9. The first kappa shape index (κ1) is 22.0. The molecule has 1 saturated carbocycles. The highest BCUT2D eigenvalue weighted by Gasteiger charge is 2.26. The molecule has 3 aromatic rings. The molecule has 0 unspecified atom stereocenters. The second-order valence-corrected chi connectivity index (χ2v) is 9.06. The second kappa shape index (κ2) is 10.0. The Balaban J connectivity index is 1.39. The van der Waals surface area contributed by atoms with E-state index >= 15 is 0 Å². The molecule has 9 heteroatoms. The van der Waals surface area contributed by atoms with Crippen molar-refractivity contribution in [1.82, 2.24) is 30.1 Å². The highest BCUT2D eigenvalue weighted by atomic mass is 16.5. The Morgan fingerprint density at radius 3 is 2.85 bits per heavy atom. The van der Waals surface area contributed by atoms with Crippen LogP contribution in [0.5, 0.6) is 5.75 Å². The molecule has 1 aliphatic carbocycles. The van der Waals surface area contributed by atoms with Gasteiger partial charge in [-0.1, -0.05) is 12.8 Å². The van der Waals surface area contributed by atoms with Gasteiger partial charge in [-0.3, -0.25) is 9.69 Å². The van der Waals surface area contributed by atoms with Crippen molar-refractivity contribution in [2.24, 2.45) is 0 Å². The van der Waals surface area contributed by atoms with Crippen molar-refractivity contribution >= 4 is 10.9 Å². The molecule has 1 aliphatic heterocycles. The Hall–Kier alpha value is -2.78. The van der Waals surface area contributed by atoms with Crippen LogP contribution < -0.4 is 10.3 Å². The first-order valence-corrected chi connectivity index (χ1v) is 12.1. The van der Waals surface area contributed by atoms with E-state index in [0.29, 0.717) is 32.3 Å². The van der Waals surface area contributed by atoms with Gasteiger partial charge < -0.3 is 14.5 Å². The summed E-state index contributed by atoms with van der Waals surface area (Å²) in [5, 5.41) is 13.4. The molecule has 9 nitrogen and oxygen atoms in total. The molecule has 1 N–H and O–H groups in total. The smallest absolute Gasteiger partial charge is 0.252 e. The molecular weight excluding hydrogens is 420 g/mol. The number of ether oxygens (including phenoxy) is 2. The van der Waals surface area contributed by atoms with E-state index in [9.17, 15) is 4.79 Å². The van der Waals surface area contributed by atoms with Gasteiger partial charge in [0.05, 0.1) is 25.8 Å². The third-order valence-corrected chi connectivity index (χ3v) is 6.77. The van der Waals surface area contributed by atoms with Gasteiger partial charge in [-0.25, -0.2) is 4.68 Å². The van der Waals surface area contributed by atoms with E-state index in [4.69, 9.17) is 9.47 Å². The molecule has 0 bridgehead atoms. The zero-order valence-electron chi connectivity index (χ0n) is 19.2. The predicted octanol–water partition coefficient (Wildman–Crippen LogP) is 3.04. The van der Waals surface area contributed by atoms with Crippen LogP contribution >= 0.6 is 0 Å². The number of hydrogen-bond acceptors (Lipinski definition) is 7. The van der Waals surface area contributed by atoms with Gasteiger partial charge in [-0.2, -0.15) is 0 Å². The largest absolute Gasteiger partial charge is 0.494 e. The molecule has 2 aliphatic rings. The molecule has 33 heavy (non-hydrogen) atoms. The number of nitrogens with one attached hydrogen (secondary N) is 1. The van der Waals surface area contributed by atoms with Crippen LogP contribution in [0.2, 0.25) is 0 Å². The van der Waals surface area contributed by atoms with E-state index in [1.165, 1.54) is 12.8 Å². The summed E-state index contributed by atoms with van der Waals surface area (Å²) in [6.45, 7) is 5.23. The summed E-state index contributed by atoms with van der Waals surface area (Å²) in [4.78, 5) is 18.3. The molecule has 2 aromatic heterocycles. The molecule has 1 aromatic carbocycles. The fraction of sp³-hybridized carbons (Fsp3) is 0.583. The molecule has 5 rings (SSSR count). The highest BCUT2D eigenvalue weighted by Crippen LogP contribution is 2.27. The number of nitrogens with zero attached hydrogens (tertiary/aromatic N) is 5. The third-order valence-electron chi connectivity index (χ3n) is 6.77. The Kier molecular flexibility index (Phi) is 6.68. The Bertz CT molecular complexity index is 1130. The van der Waals surface area contributed by atoms with E-state index in [1.54, 1.807) is 0 Å². The zero-order chi connectivity index (χ0) is 22.6. The SMILES string of the molecule is CCOc1ccc2[nH]c(=O)c(CN(Cc3nnnn3C[C@H]3CCCO3)C3CCCC3)cc2c1. The maximum Gasteiger partial charge on any atom is 0.252 e. The van der Waals surface area contributed by atoms with Crippen LogP contribution in [0, 0.1) is 0 Å². The molecule has 1 saturated heterocycles. The van der Waals surface area contributed by atoms with Gasteiger partial charge >= 0.3 is 0 Å². The van der Waals surface area contributed by atoms with Crippen molar-refractivity contribution < 1.29 is 9.47 Å². The zero-order valence-corrected chi connectivity index (χ0v) is 19.2. The minimum absolute atomic E-state index is 0.0476. The van der Waals surface area contributed by atoms with Crippen molar-refractivity contribution in [3.63, 3.8) is 0 Å². The molecule has 176 valence electrons. The highest BCUT2D eigenvalue weighted by molar-refractivity contribution is 5.80. The molecule has 0 spiro atoms. The van der Waals surface area contributed by atoms with Crippen LogP contribution in [-0.4, -0.2) is 55.5 Å². The normalized spacial score (nSPS) is 19.2. The number of aromatic nitrogens is 5. The molecule has 2 fully saturated rings. The lowest BCUT2D eigenvalue weighted by Gasteiger charge is -2.28. The van der Waals surface area contributed by atoms with Crippen molar-refractivity contribution in [3.8, 4) is 5.75 Å². The predicted molar refractivity (Wildman–Crippen MR) is 124 cm³/mol. The van der Waals surface area contributed by atoms with Gasteiger partial charge in [0.25, 0.3) is 5.56 Å². The first-order valence-electron chi connectivity index (χ1n) is 12.1. The number of H-pyrrole nitrogens is 1. The van der Waals surface area contributed by atoms with Crippen LogP contribution in [0.15, 0.2) is 29.1 Å². The molecule has 1 atom stereocenters. The number of tetrazole rings is 1. The average Bonchev–Trinajstić information content (AvgIpc) is 3.58. The van der Waals surface area contributed by atoms with Crippen molar-refractivity contribution in [2.75, 3.05) is 13.2 Å². The summed E-state index contributed by atoms with van der Waals surface area (Å²) < 4.78 is 13.3. The summed E-state index contributed by atoms with van der Waals surface area (Å²) in [5.74, 6) is 1.64. The van der Waals surface area contributed by atoms with Crippen molar-refractivity contribution in [1.29, 1.82) is 0 Å². The second-order valence-electron chi connectivity index (χ2n) is 9.06. The van der Waals surface area contributed by atoms with Crippen LogP contribution in [0.4, 0.5) is 0 Å². The fourth-order valence-corrected chi connectivity index (χ4v) is 5.05. The number of aromatic amines is 1. The van der Waals surface area contributed by atoms with E-state index in [2.05, 4.69) is 25.4 Å². The lowest BCUT2D eigenvalue weighted by atomic mass is 10.1. The quantitative estimate of drug-likeness (QED) is 0.533.